The molecule has 1 amide bonds. The number of hydrogen-bond acceptors (Lipinski definition) is 3. The van der Waals surface area contributed by atoms with Crippen molar-refractivity contribution in [3.8, 4) is 0 Å². The predicted molar refractivity (Wildman–Crippen MR) is 74.3 cm³/mol. The van der Waals surface area contributed by atoms with Gasteiger partial charge in [0.25, 0.3) is 5.91 Å². The van der Waals surface area contributed by atoms with Crippen LogP contribution < -0.4 is 0 Å². The van der Waals surface area contributed by atoms with E-state index in [1.54, 1.807) is 0 Å². The minimum atomic E-state index is -0.200. The van der Waals surface area contributed by atoms with E-state index in [2.05, 4.69) is 0 Å². The van der Waals surface area contributed by atoms with Crippen LogP contribution in [0.25, 0.3) is 0 Å². The second kappa shape index (κ2) is 5.27. The van der Waals surface area contributed by atoms with Crippen LogP contribution in [0.5, 0.6) is 0 Å². The Hall–Kier alpha value is -1.84. The van der Waals surface area contributed by atoms with Crippen LogP contribution in [-0.4, -0.2) is 36.5 Å². The molecule has 1 aromatic carbocycles. The van der Waals surface area contributed by atoms with Gasteiger partial charge in [-0.2, -0.15) is 0 Å². The number of hydrogen-bond donors (Lipinski definition) is 0. The first-order valence-electron chi connectivity index (χ1n) is 7.17. The Labute approximate surface area is 118 Å². The molecular weight excluding hydrogens is 254 g/mol. The Morgan fingerprint density at radius 2 is 2.05 bits per heavy atom. The van der Waals surface area contributed by atoms with Crippen LogP contribution in [0.15, 0.2) is 24.3 Å². The molecule has 2 aliphatic rings. The number of ether oxygens (including phenoxy) is 1. The standard InChI is InChI=1S/C16H19NO3/c1-20-16(19)12-7-9-13-8-6-11-4-2-3-5-14(11)15(18)17(13)10-12/h2-5,12-13H,6-10H2,1H3/t12-,13-/m0/s1. The van der Waals surface area contributed by atoms with Gasteiger partial charge in [0.05, 0.1) is 13.0 Å². The highest BCUT2D eigenvalue weighted by molar-refractivity contribution is 5.96. The lowest BCUT2D eigenvalue weighted by Crippen LogP contribution is -2.48. The summed E-state index contributed by atoms with van der Waals surface area (Å²) in [6, 6.07) is 8.06. The average Bonchev–Trinajstić information content (AvgIpc) is 2.64. The van der Waals surface area contributed by atoms with Crippen molar-refractivity contribution in [3.05, 3.63) is 35.4 Å². The van der Waals surface area contributed by atoms with Crippen molar-refractivity contribution in [2.24, 2.45) is 5.92 Å². The fourth-order valence-corrected chi connectivity index (χ4v) is 3.36. The van der Waals surface area contributed by atoms with Crippen molar-refractivity contribution in [3.63, 3.8) is 0 Å². The van der Waals surface area contributed by atoms with Gasteiger partial charge in [-0.1, -0.05) is 18.2 Å². The summed E-state index contributed by atoms with van der Waals surface area (Å²) in [5, 5.41) is 0. The molecule has 0 aliphatic carbocycles. The summed E-state index contributed by atoms with van der Waals surface area (Å²) < 4.78 is 4.83. The number of amides is 1. The number of benzene rings is 1. The maximum absolute atomic E-state index is 12.7. The van der Waals surface area contributed by atoms with Crippen molar-refractivity contribution < 1.29 is 14.3 Å². The molecule has 0 N–H and O–H groups in total. The number of aryl methyl sites for hydroxylation is 1. The van der Waals surface area contributed by atoms with Crippen molar-refractivity contribution in [1.29, 1.82) is 0 Å². The van der Waals surface area contributed by atoms with E-state index in [1.165, 1.54) is 7.11 Å². The Bertz CT molecular complexity index is 540. The molecule has 3 rings (SSSR count). The highest BCUT2D eigenvalue weighted by Crippen LogP contribution is 2.31. The summed E-state index contributed by atoms with van der Waals surface area (Å²) in [5.74, 6) is -0.309. The quantitative estimate of drug-likeness (QED) is 0.735. The van der Waals surface area contributed by atoms with Crippen LogP contribution in [0.4, 0.5) is 0 Å². The molecule has 2 heterocycles. The molecule has 1 aromatic rings. The Kier molecular flexibility index (Phi) is 3.47. The first-order chi connectivity index (χ1) is 9.70. The third-order valence-electron chi connectivity index (χ3n) is 4.50. The van der Waals surface area contributed by atoms with E-state index in [4.69, 9.17) is 4.74 Å². The third-order valence-corrected chi connectivity index (χ3v) is 4.50. The molecule has 0 spiro atoms. The molecular formula is C16H19NO3. The van der Waals surface area contributed by atoms with E-state index in [0.717, 1.165) is 36.8 Å². The van der Waals surface area contributed by atoms with Gasteiger partial charge in [0, 0.05) is 18.2 Å². The molecule has 0 bridgehead atoms. The molecule has 1 fully saturated rings. The molecule has 0 saturated carbocycles. The summed E-state index contributed by atoms with van der Waals surface area (Å²) in [4.78, 5) is 26.3. The van der Waals surface area contributed by atoms with E-state index in [1.807, 2.05) is 29.2 Å². The fourth-order valence-electron chi connectivity index (χ4n) is 3.36. The van der Waals surface area contributed by atoms with Gasteiger partial charge in [0.2, 0.25) is 0 Å². The van der Waals surface area contributed by atoms with Crippen LogP contribution in [0.3, 0.4) is 0 Å². The summed E-state index contributed by atoms with van der Waals surface area (Å²) in [5.41, 5.74) is 1.92. The first kappa shape index (κ1) is 13.2. The van der Waals surface area contributed by atoms with E-state index in [9.17, 15) is 9.59 Å². The number of carbonyl (C=O) groups excluding carboxylic acids is 2. The van der Waals surface area contributed by atoms with Crippen LogP contribution in [0.1, 0.15) is 35.2 Å². The monoisotopic (exact) mass is 273 g/mol. The minimum Gasteiger partial charge on any atom is -0.469 e. The van der Waals surface area contributed by atoms with E-state index in [-0.39, 0.29) is 23.8 Å². The molecule has 2 atom stereocenters. The van der Waals surface area contributed by atoms with Crippen molar-refractivity contribution in [1.82, 2.24) is 4.90 Å². The van der Waals surface area contributed by atoms with Crippen molar-refractivity contribution in [2.45, 2.75) is 31.7 Å². The molecule has 20 heavy (non-hydrogen) atoms. The van der Waals surface area contributed by atoms with Gasteiger partial charge in [0.15, 0.2) is 0 Å². The molecule has 4 heteroatoms. The number of methoxy groups -OCH3 is 1. The lowest BCUT2D eigenvalue weighted by molar-refractivity contribution is -0.147. The lowest BCUT2D eigenvalue weighted by Gasteiger charge is -2.37. The summed E-state index contributed by atoms with van der Waals surface area (Å²) in [6.07, 6.45) is 3.62. The summed E-state index contributed by atoms with van der Waals surface area (Å²) in [6.45, 7) is 0.491. The third kappa shape index (κ3) is 2.19. The van der Waals surface area contributed by atoms with Gasteiger partial charge in [-0.25, -0.2) is 0 Å². The van der Waals surface area contributed by atoms with E-state index in [0.29, 0.717) is 6.54 Å². The van der Waals surface area contributed by atoms with Crippen molar-refractivity contribution in [2.75, 3.05) is 13.7 Å². The first-order valence-corrected chi connectivity index (χ1v) is 7.17. The Balaban J connectivity index is 1.88. The number of fused-ring (bicyclic) bond motifs is 2. The second-order valence-electron chi connectivity index (χ2n) is 5.60. The lowest BCUT2D eigenvalue weighted by atomic mass is 9.91. The van der Waals surface area contributed by atoms with Gasteiger partial charge >= 0.3 is 5.97 Å². The molecule has 4 nitrogen and oxygen atoms in total. The minimum absolute atomic E-state index is 0.0664. The Morgan fingerprint density at radius 3 is 2.85 bits per heavy atom. The van der Waals surface area contributed by atoms with Gasteiger partial charge in [-0.3, -0.25) is 9.59 Å². The van der Waals surface area contributed by atoms with Crippen LogP contribution in [0.2, 0.25) is 0 Å². The zero-order valence-electron chi connectivity index (χ0n) is 11.7. The molecule has 0 aromatic heterocycles. The maximum Gasteiger partial charge on any atom is 0.310 e. The number of rotatable bonds is 1. The van der Waals surface area contributed by atoms with E-state index >= 15 is 0 Å². The van der Waals surface area contributed by atoms with Gasteiger partial charge in [-0.05, 0) is 37.3 Å². The predicted octanol–water partition coefficient (Wildman–Crippen LogP) is 2.03. The normalized spacial score (nSPS) is 25.4. The largest absolute Gasteiger partial charge is 0.469 e. The van der Waals surface area contributed by atoms with Crippen LogP contribution >= 0.6 is 0 Å². The molecule has 2 aliphatic heterocycles. The molecule has 106 valence electrons. The van der Waals surface area contributed by atoms with E-state index < -0.39 is 0 Å². The number of carbonyl (C=O) groups is 2. The molecule has 0 unspecified atom stereocenters. The zero-order valence-corrected chi connectivity index (χ0v) is 11.7. The summed E-state index contributed by atoms with van der Waals surface area (Å²) >= 11 is 0. The zero-order chi connectivity index (χ0) is 14.1. The smallest absolute Gasteiger partial charge is 0.310 e. The maximum atomic E-state index is 12.7. The second-order valence-corrected chi connectivity index (χ2v) is 5.60. The molecule has 1 saturated heterocycles. The van der Waals surface area contributed by atoms with Gasteiger partial charge < -0.3 is 9.64 Å². The number of nitrogens with zero attached hydrogens (tertiary/aromatic N) is 1. The van der Waals surface area contributed by atoms with Crippen LogP contribution in [0, 0.1) is 5.92 Å². The van der Waals surface area contributed by atoms with Gasteiger partial charge in [0.1, 0.15) is 0 Å². The average molecular weight is 273 g/mol. The Morgan fingerprint density at radius 1 is 1.25 bits per heavy atom. The topological polar surface area (TPSA) is 46.6 Å². The fraction of sp³-hybridized carbons (Fsp3) is 0.500. The highest BCUT2D eigenvalue weighted by atomic mass is 16.5. The summed E-state index contributed by atoms with van der Waals surface area (Å²) in [7, 11) is 1.41. The SMILES string of the molecule is COC(=O)[C@H]1CC[C@@H]2CCc3ccccc3C(=O)N2C1. The van der Waals surface area contributed by atoms with Crippen LogP contribution in [-0.2, 0) is 16.0 Å². The number of esters is 1. The number of piperidine rings is 1. The highest BCUT2D eigenvalue weighted by Gasteiger charge is 2.37. The molecule has 0 radical (unpaired) electrons. The van der Waals surface area contributed by atoms with Crippen molar-refractivity contribution >= 4 is 11.9 Å². The van der Waals surface area contributed by atoms with Gasteiger partial charge in [-0.15, -0.1) is 0 Å².